The summed E-state index contributed by atoms with van der Waals surface area (Å²) in [7, 11) is 0. The maximum atomic E-state index is 10.8. The van der Waals surface area contributed by atoms with Crippen molar-refractivity contribution >= 4 is 5.71 Å². The van der Waals surface area contributed by atoms with Crippen molar-refractivity contribution in [2.45, 2.75) is 0 Å². The van der Waals surface area contributed by atoms with Crippen molar-refractivity contribution in [3.05, 3.63) is 0 Å². The summed E-state index contributed by atoms with van der Waals surface area (Å²) in [5, 5.41) is 17.2. The fraction of sp³-hybridized carbons (Fsp3) is 0. The third-order valence-corrected chi connectivity index (χ3v) is 0.296. The van der Waals surface area contributed by atoms with Gasteiger partial charge in [-0.25, -0.2) is 0 Å². The van der Waals surface area contributed by atoms with Gasteiger partial charge in [0.25, 0.3) is 0 Å². The second-order valence-corrected chi connectivity index (χ2v) is 0.657. The van der Waals surface area contributed by atoms with E-state index in [9.17, 15) is 4.48 Å². The summed E-state index contributed by atoms with van der Waals surface area (Å²) in [6.07, 6.45) is 0. The highest BCUT2D eigenvalue weighted by atomic mass is 19.2. The molecule has 4 heteroatoms. The molecule has 0 aromatic carbocycles. The number of rotatable bonds is 0. The van der Waals surface area contributed by atoms with E-state index >= 15 is 0 Å². The van der Waals surface area contributed by atoms with E-state index in [4.69, 9.17) is 10.5 Å². The lowest BCUT2D eigenvalue weighted by Gasteiger charge is -1.62. The van der Waals surface area contributed by atoms with Gasteiger partial charge in [-0.1, -0.05) is 9.70 Å². The number of hydrogen-bond donors (Lipinski definition) is 0. The normalized spacial score (nSPS) is 5.57. The van der Waals surface area contributed by atoms with Gasteiger partial charge in [0.05, 0.1) is 0 Å². The van der Waals surface area contributed by atoms with Crippen molar-refractivity contribution in [3.63, 3.8) is 0 Å². The SMILES string of the molecule is N#CC(C#N)=NF. The molecule has 0 aromatic rings. The van der Waals surface area contributed by atoms with Crippen LogP contribution in [-0.4, -0.2) is 5.71 Å². The molecule has 34 valence electrons. The molecule has 3 nitrogen and oxygen atoms in total. The van der Waals surface area contributed by atoms with Crippen molar-refractivity contribution in [2.24, 2.45) is 5.21 Å². The molecule has 0 spiro atoms. The van der Waals surface area contributed by atoms with Gasteiger partial charge in [0.1, 0.15) is 12.1 Å². The first-order valence-electron chi connectivity index (χ1n) is 1.34. The van der Waals surface area contributed by atoms with E-state index in [0.29, 0.717) is 0 Å². The van der Waals surface area contributed by atoms with Crippen LogP contribution in [0, 0.1) is 22.7 Å². The van der Waals surface area contributed by atoms with Crippen LogP contribution in [0.1, 0.15) is 0 Å². The average Bonchev–Trinajstić information content (AvgIpc) is 1.72. The van der Waals surface area contributed by atoms with E-state index in [1.54, 1.807) is 0 Å². The number of nitrogens with zero attached hydrogens (tertiary/aromatic N) is 3. The van der Waals surface area contributed by atoms with Crippen LogP contribution < -0.4 is 0 Å². The molecule has 0 aliphatic rings. The fourth-order valence-electron chi connectivity index (χ4n) is 0.0628. The number of halogens is 1. The highest BCUT2D eigenvalue weighted by Crippen LogP contribution is 1.71. The lowest BCUT2D eigenvalue weighted by atomic mass is 10.5. The molecule has 0 amide bonds. The minimum absolute atomic E-state index is 0.750. The molecule has 0 aromatic heterocycles. The molecule has 0 unspecified atom stereocenters. The van der Waals surface area contributed by atoms with Crippen LogP contribution in [-0.2, 0) is 0 Å². The van der Waals surface area contributed by atoms with E-state index in [2.05, 4.69) is 0 Å². The molecule has 0 saturated carbocycles. The van der Waals surface area contributed by atoms with Gasteiger partial charge in [-0.05, 0) is 0 Å². The summed E-state index contributed by atoms with van der Waals surface area (Å²) in [5.41, 5.74) is -0.750. The van der Waals surface area contributed by atoms with Gasteiger partial charge in [-0.15, -0.1) is 0 Å². The Morgan fingerprint density at radius 1 is 1.43 bits per heavy atom. The first kappa shape index (κ1) is 5.58. The van der Waals surface area contributed by atoms with E-state index in [0.717, 1.165) is 0 Å². The van der Waals surface area contributed by atoms with Gasteiger partial charge in [0.15, 0.2) is 0 Å². The highest BCUT2D eigenvalue weighted by molar-refractivity contribution is 6.09. The van der Waals surface area contributed by atoms with Crippen molar-refractivity contribution in [2.75, 3.05) is 0 Å². The van der Waals surface area contributed by atoms with Crippen LogP contribution in [0.25, 0.3) is 0 Å². The number of hydrogen-bond acceptors (Lipinski definition) is 3. The van der Waals surface area contributed by atoms with Gasteiger partial charge in [0, 0.05) is 0 Å². The molecular weight excluding hydrogens is 97.1 g/mol. The molecule has 0 radical (unpaired) electrons. The van der Waals surface area contributed by atoms with Crippen LogP contribution in [0.4, 0.5) is 4.48 Å². The predicted molar refractivity (Wildman–Crippen MR) is 19.8 cm³/mol. The average molecular weight is 97.1 g/mol. The largest absolute Gasteiger partial charge is 0.249 e. The smallest absolute Gasteiger partial charge is 0.190 e. The van der Waals surface area contributed by atoms with Crippen LogP contribution in [0.5, 0.6) is 0 Å². The number of nitriles is 2. The molecule has 0 bridgehead atoms. The van der Waals surface area contributed by atoms with Gasteiger partial charge in [0.2, 0.25) is 5.71 Å². The second-order valence-electron chi connectivity index (χ2n) is 0.657. The van der Waals surface area contributed by atoms with Gasteiger partial charge in [-0.3, -0.25) is 0 Å². The molecular formula is C3FN3. The van der Waals surface area contributed by atoms with E-state index in [1.807, 2.05) is 5.21 Å². The van der Waals surface area contributed by atoms with Gasteiger partial charge >= 0.3 is 0 Å². The zero-order valence-electron chi connectivity index (χ0n) is 3.22. The Balaban J connectivity index is 4.03. The van der Waals surface area contributed by atoms with Crippen molar-refractivity contribution in [1.82, 2.24) is 0 Å². The Bertz CT molecular complexity index is 142. The van der Waals surface area contributed by atoms with Crippen molar-refractivity contribution in [1.29, 1.82) is 10.5 Å². The Morgan fingerprint density at radius 2 is 1.86 bits per heavy atom. The molecule has 0 fully saturated rings. The molecule has 0 aliphatic heterocycles. The highest BCUT2D eigenvalue weighted by Gasteiger charge is 1.87. The molecule has 0 rings (SSSR count). The predicted octanol–water partition coefficient (Wildman–Crippen LogP) is 0.359. The third-order valence-electron chi connectivity index (χ3n) is 0.296. The fourth-order valence-corrected chi connectivity index (χ4v) is 0.0628. The Hall–Kier alpha value is -1.42. The minimum Gasteiger partial charge on any atom is -0.190 e. The molecule has 0 N–H and O–H groups in total. The zero-order chi connectivity index (χ0) is 5.70. The van der Waals surface area contributed by atoms with Crippen LogP contribution >= 0.6 is 0 Å². The first-order chi connectivity index (χ1) is 3.35. The second kappa shape index (κ2) is 2.80. The molecule has 0 atom stereocenters. The molecule has 7 heavy (non-hydrogen) atoms. The van der Waals surface area contributed by atoms with E-state index in [1.165, 1.54) is 12.1 Å². The van der Waals surface area contributed by atoms with Crippen LogP contribution in [0.15, 0.2) is 5.21 Å². The maximum Gasteiger partial charge on any atom is 0.249 e. The summed E-state index contributed by atoms with van der Waals surface area (Å²) in [6, 6.07) is 2.43. The summed E-state index contributed by atoms with van der Waals surface area (Å²) in [4.78, 5) is 0. The van der Waals surface area contributed by atoms with Crippen molar-refractivity contribution in [3.8, 4) is 12.1 Å². The molecule has 0 saturated heterocycles. The van der Waals surface area contributed by atoms with E-state index < -0.39 is 5.71 Å². The summed E-state index contributed by atoms with van der Waals surface area (Å²) < 4.78 is 10.8. The summed E-state index contributed by atoms with van der Waals surface area (Å²) in [5.74, 6) is 0. The van der Waals surface area contributed by atoms with Gasteiger partial charge in [-0.2, -0.15) is 10.5 Å². The minimum atomic E-state index is -0.750. The van der Waals surface area contributed by atoms with Crippen LogP contribution in [0.3, 0.4) is 0 Å². The standard InChI is InChI=1S/C3FN3/c4-7-3(1-5)2-6. The lowest BCUT2D eigenvalue weighted by molar-refractivity contribution is 0.539. The topological polar surface area (TPSA) is 59.9 Å². The summed E-state index contributed by atoms with van der Waals surface area (Å²) >= 11 is 0. The Labute approximate surface area is 39.3 Å². The lowest BCUT2D eigenvalue weighted by Crippen LogP contribution is -1.82. The summed E-state index contributed by atoms with van der Waals surface area (Å²) in [6.45, 7) is 0. The molecule has 0 aliphatic carbocycles. The Kier molecular flexibility index (Phi) is 2.23. The monoisotopic (exact) mass is 97.0 g/mol. The van der Waals surface area contributed by atoms with Gasteiger partial charge < -0.3 is 0 Å². The van der Waals surface area contributed by atoms with Crippen molar-refractivity contribution < 1.29 is 4.48 Å². The zero-order valence-corrected chi connectivity index (χ0v) is 3.22. The first-order valence-corrected chi connectivity index (χ1v) is 1.34. The Morgan fingerprint density at radius 3 is 1.86 bits per heavy atom. The van der Waals surface area contributed by atoms with Crippen LogP contribution in [0.2, 0.25) is 0 Å². The quantitative estimate of drug-likeness (QED) is 0.409. The van der Waals surface area contributed by atoms with E-state index in [-0.39, 0.29) is 0 Å². The maximum absolute atomic E-state index is 10.8. The third kappa shape index (κ3) is 1.45. The molecule has 0 heterocycles.